The van der Waals surface area contributed by atoms with Crippen molar-refractivity contribution >= 4 is 17.2 Å². The van der Waals surface area contributed by atoms with E-state index in [-0.39, 0.29) is 11.9 Å². The molecule has 21 heavy (non-hydrogen) atoms. The van der Waals surface area contributed by atoms with Crippen molar-refractivity contribution in [1.29, 1.82) is 0 Å². The molecule has 1 aliphatic rings. The number of aryl methyl sites for hydroxylation is 3. The lowest BCUT2D eigenvalue weighted by atomic mass is 10.1. The predicted molar refractivity (Wildman–Crippen MR) is 80.1 cm³/mol. The molecule has 3 heterocycles. The second-order valence-electron chi connectivity index (χ2n) is 5.52. The third-order valence-electron chi connectivity index (χ3n) is 3.96. The van der Waals surface area contributed by atoms with E-state index >= 15 is 0 Å². The van der Waals surface area contributed by atoms with E-state index in [9.17, 15) is 4.79 Å². The van der Waals surface area contributed by atoms with E-state index in [1.54, 1.807) is 11.3 Å². The summed E-state index contributed by atoms with van der Waals surface area (Å²) in [6, 6.07) is 0.234. The minimum absolute atomic E-state index is 0.182. The van der Waals surface area contributed by atoms with Crippen LogP contribution in [0.4, 0.5) is 0 Å². The van der Waals surface area contributed by atoms with E-state index in [1.165, 1.54) is 4.88 Å². The van der Waals surface area contributed by atoms with E-state index in [0.717, 1.165) is 30.3 Å². The normalized spacial score (nSPS) is 17.9. The molecule has 2 aromatic rings. The zero-order valence-corrected chi connectivity index (χ0v) is 13.4. The Hall–Kier alpha value is -1.76. The van der Waals surface area contributed by atoms with E-state index in [4.69, 9.17) is 0 Å². The highest BCUT2D eigenvalue weighted by atomic mass is 32.1. The summed E-state index contributed by atoms with van der Waals surface area (Å²) < 4.78 is 2.12. The van der Waals surface area contributed by atoms with Gasteiger partial charge < -0.3 is 9.47 Å². The molecule has 1 amide bonds. The summed E-state index contributed by atoms with van der Waals surface area (Å²) in [5.41, 5.74) is 2.87. The molecule has 7 heteroatoms. The molecule has 0 radical (unpaired) electrons. The number of hydrogen-bond acceptors (Lipinski definition) is 5. The molecule has 1 aliphatic heterocycles. The summed E-state index contributed by atoms with van der Waals surface area (Å²) in [5, 5.41) is 8.28. The summed E-state index contributed by atoms with van der Waals surface area (Å²) >= 11 is 1.62. The van der Waals surface area contributed by atoms with Crippen molar-refractivity contribution in [2.75, 3.05) is 6.54 Å². The first-order valence-electron chi connectivity index (χ1n) is 7.13. The molecule has 3 rings (SSSR count). The maximum Gasteiger partial charge on any atom is 0.223 e. The Morgan fingerprint density at radius 3 is 2.95 bits per heavy atom. The molecule has 112 valence electrons. The predicted octanol–water partition coefficient (Wildman–Crippen LogP) is 1.89. The third kappa shape index (κ3) is 2.70. The largest absolute Gasteiger partial charge is 0.333 e. The minimum atomic E-state index is 0.182. The molecule has 0 saturated heterocycles. The van der Waals surface area contributed by atoms with Gasteiger partial charge in [-0.1, -0.05) is 0 Å². The first kappa shape index (κ1) is 14.2. The number of rotatable bonds is 3. The molecule has 2 aromatic heterocycles. The van der Waals surface area contributed by atoms with Crippen molar-refractivity contribution in [3.63, 3.8) is 0 Å². The summed E-state index contributed by atoms with van der Waals surface area (Å²) in [5.74, 6) is 1.99. The first-order chi connectivity index (χ1) is 10.1. The van der Waals surface area contributed by atoms with Gasteiger partial charge in [-0.15, -0.1) is 21.5 Å². The Bertz CT molecular complexity index is 662. The molecular weight excluding hydrogens is 286 g/mol. The smallest absolute Gasteiger partial charge is 0.223 e. The van der Waals surface area contributed by atoms with Gasteiger partial charge in [0.05, 0.1) is 23.8 Å². The Morgan fingerprint density at radius 1 is 1.43 bits per heavy atom. The van der Waals surface area contributed by atoms with E-state index in [0.29, 0.717) is 13.0 Å². The number of thiazole rings is 1. The summed E-state index contributed by atoms with van der Waals surface area (Å²) in [4.78, 5) is 19.7. The van der Waals surface area contributed by atoms with Gasteiger partial charge in [-0.25, -0.2) is 4.98 Å². The molecule has 0 bridgehead atoms. The lowest BCUT2D eigenvalue weighted by Gasteiger charge is -2.32. The van der Waals surface area contributed by atoms with Crippen LogP contribution in [0.1, 0.15) is 41.6 Å². The van der Waals surface area contributed by atoms with Crippen LogP contribution in [0.5, 0.6) is 0 Å². The second kappa shape index (κ2) is 5.55. The molecule has 0 N–H and O–H groups in total. The van der Waals surface area contributed by atoms with Crippen LogP contribution in [0.2, 0.25) is 0 Å². The average molecular weight is 305 g/mol. The molecule has 0 spiro atoms. The van der Waals surface area contributed by atoms with Gasteiger partial charge in [0.15, 0.2) is 5.82 Å². The number of carbonyl (C=O) groups is 1. The third-order valence-corrected chi connectivity index (χ3v) is 4.95. The SMILES string of the molecule is Cc1ncsc1CCC(=O)N1Cc2nnc(C)n2C(C)C1. The molecule has 1 unspecified atom stereocenters. The van der Waals surface area contributed by atoms with E-state index < -0.39 is 0 Å². The van der Waals surface area contributed by atoms with Gasteiger partial charge in [-0.2, -0.15) is 0 Å². The maximum absolute atomic E-state index is 12.4. The average Bonchev–Trinajstić information content (AvgIpc) is 3.03. The highest BCUT2D eigenvalue weighted by Gasteiger charge is 2.27. The summed E-state index contributed by atoms with van der Waals surface area (Å²) in [6.45, 7) is 7.34. The molecule has 0 aromatic carbocycles. The summed E-state index contributed by atoms with van der Waals surface area (Å²) in [6.07, 6.45) is 1.30. The first-order valence-corrected chi connectivity index (χ1v) is 8.01. The van der Waals surface area contributed by atoms with Crippen LogP contribution >= 0.6 is 11.3 Å². The van der Waals surface area contributed by atoms with E-state index in [2.05, 4.69) is 26.7 Å². The number of nitrogens with zero attached hydrogens (tertiary/aromatic N) is 5. The fourth-order valence-electron chi connectivity index (χ4n) is 2.86. The van der Waals surface area contributed by atoms with E-state index in [1.807, 2.05) is 24.3 Å². The molecular formula is C14H19N5OS. The topological polar surface area (TPSA) is 63.9 Å². The highest BCUT2D eigenvalue weighted by Crippen LogP contribution is 2.22. The van der Waals surface area contributed by atoms with Crippen LogP contribution in [0, 0.1) is 13.8 Å². The lowest BCUT2D eigenvalue weighted by Crippen LogP contribution is -2.40. The minimum Gasteiger partial charge on any atom is -0.333 e. The van der Waals surface area contributed by atoms with Crippen LogP contribution in [0.3, 0.4) is 0 Å². The van der Waals surface area contributed by atoms with Crippen LogP contribution in [0.15, 0.2) is 5.51 Å². The number of aromatic nitrogens is 4. The number of carbonyl (C=O) groups excluding carboxylic acids is 1. The van der Waals surface area contributed by atoms with Crippen molar-refractivity contribution in [2.45, 2.75) is 46.2 Å². The number of amides is 1. The fraction of sp³-hybridized carbons (Fsp3) is 0.571. The van der Waals surface area contributed by atoms with Crippen LogP contribution in [-0.4, -0.2) is 37.1 Å². The Morgan fingerprint density at radius 2 is 2.24 bits per heavy atom. The quantitative estimate of drug-likeness (QED) is 0.868. The fourth-order valence-corrected chi connectivity index (χ4v) is 3.65. The standard InChI is InChI=1S/C14H19N5OS/c1-9-6-18(7-13-17-16-11(3)19(9)13)14(20)5-4-12-10(2)15-8-21-12/h8-9H,4-7H2,1-3H3. The van der Waals surface area contributed by atoms with Gasteiger partial charge in [0.25, 0.3) is 0 Å². The van der Waals surface area contributed by atoms with Gasteiger partial charge >= 0.3 is 0 Å². The number of hydrogen-bond donors (Lipinski definition) is 0. The molecule has 1 atom stereocenters. The summed E-state index contributed by atoms with van der Waals surface area (Å²) in [7, 11) is 0. The van der Waals surface area contributed by atoms with Gasteiger partial charge in [0.2, 0.25) is 5.91 Å². The van der Waals surface area contributed by atoms with Crippen molar-refractivity contribution in [1.82, 2.24) is 24.6 Å². The van der Waals surface area contributed by atoms with Crippen LogP contribution in [0.25, 0.3) is 0 Å². The maximum atomic E-state index is 12.4. The monoisotopic (exact) mass is 305 g/mol. The van der Waals surface area contributed by atoms with Crippen LogP contribution in [-0.2, 0) is 17.8 Å². The van der Waals surface area contributed by atoms with Crippen molar-refractivity contribution in [3.8, 4) is 0 Å². The van der Waals surface area contributed by atoms with Gasteiger partial charge in [0, 0.05) is 17.8 Å². The zero-order valence-electron chi connectivity index (χ0n) is 12.5. The van der Waals surface area contributed by atoms with Crippen molar-refractivity contribution in [2.24, 2.45) is 0 Å². The molecule has 0 aliphatic carbocycles. The highest BCUT2D eigenvalue weighted by molar-refractivity contribution is 7.09. The Kier molecular flexibility index (Phi) is 3.75. The van der Waals surface area contributed by atoms with Gasteiger partial charge in [-0.3, -0.25) is 4.79 Å². The Labute approximate surface area is 127 Å². The van der Waals surface area contributed by atoms with Crippen LogP contribution < -0.4 is 0 Å². The number of fused-ring (bicyclic) bond motifs is 1. The van der Waals surface area contributed by atoms with Gasteiger partial charge in [0.1, 0.15) is 5.82 Å². The zero-order chi connectivity index (χ0) is 15.0. The molecule has 0 fully saturated rings. The molecule has 6 nitrogen and oxygen atoms in total. The Balaban J connectivity index is 1.65. The molecule has 0 saturated carbocycles. The van der Waals surface area contributed by atoms with Crippen molar-refractivity contribution in [3.05, 3.63) is 27.7 Å². The second-order valence-corrected chi connectivity index (χ2v) is 6.46. The van der Waals surface area contributed by atoms with Gasteiger partial charge in [-0.05, 0) is 27.2 Å². The lowest BCUT2D eigenvalue weighted by molar-refractivity contribution is -0.133. The van der Waals surface area contributed by atoms with Crippen molar-refractivity contribution < 1.29 is 4.79 Å².